The van der Waals surface area contributed by atoms with Crippen LogP contribution in [-0.4, -0.2) is 37.7 Å². The summed E-state index contributed by atoms with van der Waals surface area (Å²) in [5.74, 6) is 0. The summed E-state index contributed by atoms with van der Waals surface area (Å²) in [5, 5.41) is 0. The molecule has 0 fully saturated rings. The Hall–Kier alpha value is -0.900. The Kier molecular flexibility index (Phi) is 7.94. The number of benzene rings is 1. The second kappa shape index (κ2) is 9.19. The van der Waals surface area contributed by atoms with Gasteiger partial charge in [-0.2, -0.15) is 0 Å². The van der Waals surface area contributed by atoms with Gasteiger partial charge in [0.25, 0.3) is 0 Å². The third kappa shape index (κ3) is 5.77. The maximum atomic E-state index is 6.47. The van der Waals surface area contributed by atoms with E-state index in [2.05, 4.69) is 50.8 Å². The van der Waals surface area contributed by atoms with E-state index in [1.54, 1.807) is 7.11 Å². The van der Waals surface area contributed by atoms with Gasteiger partial charge in [0.2, 0.25) is 0 Å². The van der Waals surface area contributed by atoms with Crippen LogP contribution in [0.4, 0.5) is 0 Å². The second-order valence-corrected chi connectivity index (χ2v) is 5.99. The smallest absolute Gasteiger partial charge is 0.0589 e. The minimum Gasteiger partial charge on any atom is -0.383 e. The van der Waals surface area contributed by atoms with Gasteiger partial charge in [0, 0.05) is 32.3 Å². The van der Waals surface area contributed by atoms with Crippen molar-refractivity contribution in [1.82, 2.24) is 4.90 Å². The summed E-state index contributed by atoms with van der Waals surface area (Å²) < 4.78 is 5.25. The van der Waals surface area contributed by atoms with Crippen LogP contribution < -0.4 is 5.73 Å². The minimum absolute atomic E-state index is 0.0565. The highest BCUT2D eigenvalue weighted by Gasteiger charge is 2.18. The summed E-state index contributed by atoms with van der Waals surface area (Å²) in [6.45, 7) is 11.3. The Balaban J connectivity index is 2.80. The van der Waals surface area contributed by atoms with Gasteiger partial charge in [0.05, 0.1) is 6.61 Å². The van der Waals surface area contributed by atoms with Crippen LogP contribution in [0, 0.1) is 13.8 Å². The van der Waals surface area contributed by atoms with Crippen LogP contribution >= 0.6 is 0 Å². The van der Waals surface area contributed by atoms with E-state index in [-0.39, 0.29) is 6.04 Å². The lowest BCUT2D eigenvalue weighted by Crippen LogP contribution is -2.41. The molecule has 1 aromatic rings. The molecule has 0 aliphatic rings. The van der Waals surface area contributed by atoms with Gasteiger partial charge in [0.1, 0.15) is 0 Å². The Labute approximate surface area is 130 Å². The molecule has 0 radical (unpaired) electrons. The molecule has 3 heteroatoms. The molecule has 0 amide bonds. The van der Waals surface area contributed by atoms with E-state index in [4.69, 9.17) is 10.5 Å². The summed E-state index contributed by atoms with van der Waals surface area (Å²) in [6, 6.07) is 7.25. The number of hydrogen-bond donors (Lipinski definition) is 1. The largest absolute Gasteiger partial charge is 0.383 e. The number of hydrogen-bond acceptors (Lipinski definition) is 3. The minimum atomic E-state index is 0.0565. The number of nitrogens with two attached hydrogens (primary N) is 1. The Bertz CT molecular complexity index is 395. The van der Waals surface area contributed by atoms with Gasteiger partial charge in [-0.1, -0.05) is 43.2 Å². The molecule has 21 heavy (non-hydrogen) atoms. The van der Waals surface area contributed by atoms with Gasteiger partial charge < -0.3 is 10.5 Å². The van der Waals surface area contributed by atoms with Crippen LogP contribution in [-0.2, 0) is 4.74 Å². The zero-order valence-electron chi connectivity index (χ0n) is 14.4. The number of nitrogens with zero attached hydrogens (tertiary/aromatic N) is 1. The van der Waals surface area contributed by atoms with Crippen molar-refractivity contribution in [2.75, 3.05) is 26.8 Å². The maximum Gasteiger partial charge on any atom is 0.0589 e. The first-order valence-corrected chi connectivity index (χ1v) is 8.08. The number of rotatable bonds is 9. The monoisotopic (exact) mass is 292 g/mol. The van der Waals surface area contributed by atoms with E-state index < -0.39 is 0 Å². The molecular weight excluding hydrogens is 260 g/mol. The van der Waals surface area contributed by atoms with E-state index in [0.29, 0.717) is 6.04 Å². The molecule has 0 saturated heterocycles. The molecule has 3 nitrogen and oxygen atoms in total. The number of methoxy groups -OCH3 is 1. The maximum absolute atomic E-state index is 6.47. The summed E-state index contributed by atoms with van der Waals surface area (Å²) in [7, 11) is 1.76. The average molecular weight is 292 g/mol. The molecule has 0 aliphatic heterocycles. The lowest BCUT2D eigenvalue weighted by atomic mass is 10.0. The molecule has 0 bridgehead atoms. The van der Waals surface area contributed by atoms with E-state index >= 15 is 0 Å². The fourth-order valence-electron chi connectivity index (χ4n) is 3.02. The van der Waals surface area contributed by atoms with E-state index in [1.807, 2.05) is 0 Å². The third-order valence-electron chi connectivity index (χ3n) is 4.14. The average Bonchev–Trinajstić information content (AvgIpc) is 2.44. The molecule has 0 heterocycles. The van der Waals surface area contributed by atoms with Crippen LogP contribution in [0.5, 0.6) is 0 Å². The Morgan fingerprint density at radius 2 is 1.67 bits per heavy atom. The molecule has 0 aliphatic carbocycles. The van der Waals surface area contributed by atoms with Crippen molar-refractivity contribution in [3.8, 4) is 0 Å². The van der Waals surface area contributed by atoms with Crippen molar-refractivity contribution < 1.29 is 4.74 Å². The fourth-order valence-corrected chi connectivity index (χ4v) is 3.02. The van der Waals surface area contributed by atoms with Crippen molar-refractivity contribution in [3.05, 3.63) is 34.9 Å². The first-order valence-electron chi connectivity index (χ1n) is 8.08. The molecule has 0 aromatic heterocycles. The van der Waals surface area contributed by atoms with Gasteiger partial charge in [-0.3, -0.25) is 4.90 Å². The molecule has 120 valence electrons. The van der Waals surface area contributed by atoms with Crippen LogP contribution in [0.25, 0.3) is 0 Å². The highest BCUT2D eigenvalue weighted by molar-refractivity contribution is 5.30. The van der Waals surface area contributed by atoms with Crippen LogP contribution in [0.2, 0.25) is 0 Å². The molecule has 1 unspecified atom stereocenters. The molecule has 1 rings (SSSR count). The quantitative estimate of drug-likeness (QED) is 0.757. The van der Waals surface area contributed by atoms with Crippen LogP contribution in [0.3, 0.4) is 0 Å². The summed E-state index contributed by atoms with van der Waals surface area (Å²) >= 11 is 0. The molecule has 1 aromatic carbocycles. The Morgan fingerprint density at radius 3 is 2.14 bits per heavy atom. The standard InChI is InChI=1S/C18H32N2O/c1-6-17(7-2)20(8-9-21-5)13-18(19)16-11-14(3)10-15(4)12-16/h10-12,17-18H,6-9,13,19H2,1-5H3. The van der Waals surface area contributed by atoms with Crippen molar-refractivity contribution in [2.24, 2.45) is 5.73 Å². The van der Waals surface area contributed by atoms with Crippen LogP contribution in [0.15, 0.2) is 18.2 Å². The van der Waals surface area contributed by atoms with Gasteiger partial charge in [0.15, 0.2) is 0 Å². The number of ether oxygens (including phenoxy) is 1. The van der Waals surface area contributed by atoms with Crippen molar-refractivity contribution in [1.29, 1.82) is 0 Å². The highest BCUT2D eigenvalue weighted by atomic mass is 16.5. The number of aryl methyl sites for hydroxylation is 2. The topological polar surface area (TPSA) is 38.5 Å². The normalized spacial score (nSPS) is 13.1. The first kappa shape index (κ1) is 18.1. The SMILES string of the molecule is CCC(CC)N(CCOC)CC(N)c1cc(C)cc(C)c1. The second-order valence-electron chi connectivity index (χ2n) is 5.99. The molecule has 0 spiro atoms. The zero-order valence-corrected chi connectivity index (χ0v) is 14.4. The summed E-state index contributed by atoms with van der Waals surface area (Å²) in [6.07, 6.45) is 2.31. The lowest BCUT2D eigenvalue weighted by Gasteiger charge is -2.32. The molecular formula is C18H32N2O. The summed E-state index contributed by atoms with van der Waals surface area (Å²) in [5.41, 5.74) is 10.3. The van der Waals surface area contributed by atoms with E-state index in [1.165, 1.54) is 16.7 Å². The third-order valence-corrected chi connectivity index (χ3v) is 4.14. The van der Waals surface area contributed by atoms with E-state index in [0.717, 1.165) is 32.5 Å². The molecule has 1 atom stereocenters. The fraction of sp³-hybridized carbons (Fsp3) is 0.667. The van der Waals surface area contributed by atoms with Crippen LogP contribution in [0.1, 0.15) is 49.4 Å². The van der Waals surface area contributed by atoms with Gasteiger partial charge in [-0.15, -0.1) is 0 Å². The van der Waals surface area contributed by atoms with Crippen molar-refractivity contribution in [3.63, 3.8) is 0 Å². The zero-order chi connectivity index (χ0) is 15.8. The van der Waals surface area contributed by atoms with Gasteiger partial charge >= 0.3 is 0 Å². The first-order chi connectivity index (χ1) is 10.0. The van der Waals surface area contributed by atoms with Crippen molar-refractivity contribution in [2.45, 2.75) is 52.6 Å². The Morgan fingerprint density at radius 1 is 1.10 bits per heavy atom. The summed E-state index contributed by atoms with van der Waals surface area (Å²) in [4.78, 5) is 2.48. The highest BCUT2D eigenvalue weighted by Crippen LogP contribution is 2.18. The lowest BCUT2D eigenvalue weighted by molar-refractivity contribution is 0.110. The van der Waals surface area contributed by atoms with Gasteiger partial charge in [-0.05, 0) is 32.3 Å². The predicted octanol–water partition coefficient (Wildman–Crippen LogP) is 3.44. The molecule has 2 N–H and O–H groups in total. The van der Waals surface area contributed by atoms with E-state index in [9.17, 15) is 0 Å². The molecule has 0 saturated carbocycles. The van der Waals surface area contributed by atoms with Crippen molar-refractivity contribution >= 4 is 0 Å². The van der Waals surface area contributed by atoms with Gasteiger partial charge in [-0.25, -0.2) is 0 Å². The predicted molar refractivity (Wildman–Crippen MR) is 90.7 cm³/mol.